The van der Waals surface area contributed by atoms with Gasteiger partial charge in [-0.3, -0.25) is 11.3 Å². The number of thioether (sulfide) groups is 2. The largest absolute Gasteiger partial charge is 0.335 e. The molecule has 0 aromatic carbocycles. The van der Waals surface area contributed by atoms with Gasteiger partial charge in [0.2, 0.25) is 0 Å². The van der Waals surface area contributed by atoms with Crippen LogP contribution in [0.1, 0.15) is 26.1 Å². The molecule has 0 saturated carbocycles. The van der Waals surface area contributed by atoms with Crippen molar-refractivity contribution in [3.8, 4) is 0 Å². The summed E-state index contributed by atoms with van der Waals surface area (Å²) in [6.45, 7) is 5.39. The number of aryl methyl sites for hydroxylation is 1. The maximum atomic E-state index is 5.82. The number of hydrogen-bond acceptors (Lipinski definition) is 5. The smallest absolute Gasteiger partial charge is 0.110 e. The zero-order valence-corrected chi connectivity index (χ0v) is 13.3. The van der Waals surface area contributed by atoms with Crippen LogP contribution in [-0.2, 0) is 13.0 Å². The predicted octanol–water partition coefficient (Wildman–Crippen LogP) is 1.90. The van der Waals surface area contributed by atoms with E-state index in [4.69, 9.17) is 5.84 Å². The first kappa shape index (κ1) is 15.2. The molecule has 0 amide bonds. The summed E-state index contributed by atoms with van der Waals surface area (Å²) < 4.78 is 2.20. The van der Waals surface area contributed by atoms with E-state index in [9.17, 15) is 0 Å². The van der Waals surface area contributed by atoms with Crippen molar-refractivity contribution < 1.29 is 0 Å². The van der Waals surface area contributed by atoms with Crippen molar-refractivity contribution in [2.75, 3.05) is 11.5 Å². The van der Waals surface area contributed by atoms with Gasteiger partial charge in [0.05, 0.1) is 0 Å². The normalized spacial score (nSPS) is 25.4. The highest BCUT2D eigenvalue weighted by Gasteiger charge is 2.32. The Bertz CT molecular complexity index is 382. The predicted molar refractivity (Wildman–Crippen MR) is 85.5 cm³/mol. The number of nitrogens with one attached hydrogen (secondary N) is 1. The van der Waals surface area contributed by atoms with E-state index in [0.717, 1.165) is 18.8 Å². The highest BCUT2D eigenvalue weighted by Crippen LogP contribution is 2.35. The first-order valence-electron chi connectivity index (χ1n) is 6.99. The molecule has 0 bridgehead atoms. The SMILES string of the molecule is CCC1SCCSC1C(Cc1nccn1CC)NN. The number of hydrogen-bond donors (Lipinski definition) is 2. The van der Waals surface area contributed by atoms with Crippen molar-refractivity contribution in [1.29, 1.82) is 0 Å². The topological polar surface area (TPSA) is 55.9 Å². The number of nitrogens with two attached hydrogens (primary N) is 1. The Labute approximate surface area is 124 Å². The molecule has 0 radical (unpaired) electrons. The van der Waals surface area contributed by atoms with E-state index in [1.807, 2.05) is 12.4 Å². The second-order valence-corrected chi connectivity index (χ2v) is 7.39. The van der Waals surface area contributed by atoms with E-state index in [1.54, 1.807) is 0 Å². The van der Waals surface area contributed by atoms with Crippen LogP contribution >= 0.6 is 23.5 Å². The van der Waals surface area contributed by atoms with E-state index in [1.165, 1.54) is 17.9 Å². The molecule has 1 saturated heterocycles. The van der Waals surface area contributed by atoms with Crippen molar-refractivity contribution >= 4 is 23.5 Å². The summed E-state index contributed by atoms with van der Waals surface area (Å²) in [5, 5.41) is 1.28. The van der Waals surface area contributed by atoms with Crippen molar-refractivity contribution in [2.24, 2.45) is 5.84 Å². The molecule has 6 heteroatoms. The molecule has 2 heterocycles. The number of rotatable bonds is 6. The zero-order chi connectivity index (χ0) is 13.7. The van der Waals surface area contributed by atoms with Gasteiger partial charge >= 0.3 is 0 Å². The van der Waals surface area contributed by atoms with Crippen LogP contribution < -0.4 is 11.3 Å². The summed E-state index contributed by atoms with van der Waals surface area (Å²) in [4.78, 5) is 4.47. The fourth-order valence-corrected chi connectivity index (χ4v) is 5.84. The summed E-state index contributed by atoms with van der Waals surface area (Å²) >= 11 is 4.16. The minimum atomic E-state index is 0.301. The van der Waals surface area contributed by atoms with Gasteiger partial charge in [0.15, 0.2) is 0 Å². The molecule has 2 rings (SSSR count). The molecule has 1 aromatic heterocycles. The van der Waals surface area contributed by atoms with Crippen LogP contribution in [0.4, 0.5) is 0 Å². The fourth-order valence-electron chi connectivity index (χ4n) is 2.60. The zero-order valence-electron chi connectivity index (χ0n) is 11.7. The third-order valence-corrected chi connectivity index (χ3v) is 7.06. The molecule has 19 heavy (non-hydrogen) atoms. The second kappa shape index (κ2) is 7.57. The maximum Gasteiger partial charge on any atom is 0.110 e. The lowest BCUT2D eigenvalue weighted by molar-refractivity contribution is 0.473. The van der Waals surface area contributed by atoms with Crippen LogP contribution in [0.15, 0.2) is 12.4 Å². The van der Waals surface area contributed by atoms with Crippen LogP contribution in [0.25, 0.3) is 0 Å². The van der Waals surface area contributed by atoms with Gasteiger partial charge in [-0.2, -0.15) is 23.5 Å². The average Bonchev–Trinajstić information content (AvgIpc) is 2.92. The Balaban J connectivity index is 2.06. The molecule has 1 aliphatic heterocycles. The van der Waals surface area contributed by atoms with Crippen molar-refractivity contribution in [3.63, 3.8) is 0 Å². The summed E-state index contributed by atoms with van der Waals surface area (Å²) in [5.74, 6) is 9.45. The maximum absolute atomic E-state index is 5.82. The van der Waals surface area contributed by atoms with Crippen LogP contribution in [0.2, 0.25) is 0 Å². The molecule has 108 valence electrons. The molecular weight excluding hydrogens is 276 g/mol. The summed E-state index contributed by atoms with van der Waals surface area (Å²) in [6.07, 6.45) is 6.05. The Morgan fingerprint density at radius 2 is 2.26 bits per heavy atom. The highest BCUT2D eigenvalue weighted by molar-refractivity contribution is 8.07. The van der Waals surface area contributed by atoms with Gasteiger partial charge in [-0.05, 0) is 13.3 Å². The molecule has 3 unspecified atom stereocenters. The van der Waals surface area contributed by atoms with E-state index in [-0.39, 0.29) is 0 Å². The molecular formula is C13H24N4S2. The minimum Gasteiger partial charge on any atom is -0.335 e. The third kappa shape index (κ3) is 3.68. The van der Waals surface area contributed by atoms with E-state index >= 15 is 0 Å². The molecule has 1 aliphatic rings. The Hall–Kier alpha value is -0.170. The molecule has 1 aromatic rings. The summed E-state index contributed by atoms with van der Waals surface area (Å²) in [7, 11) is 0. The molecule has 3 atom stereocenters. The first-order chi connectivity index (χ1) is 9.30. The molecule has 0 spiro atoms. The van der Waals surface area contributed by atoms with Crippen LogP contribution in [0, 0.1) is 0 Å². The molecule has 4 nitrogen and oxygen atoms in total. The lowest BCUT2D eigenvalue weighted by Gasteiger charge is -2.35. The van der Waals surface area contributed by atoms with Gasteiger partial charge in [-0.15, -0.1) is 0 Å². The van der Waals surface area contributed by atoms with Gasteiger partial charge < -0.3 is 4.57 Å². The molecule has 0 aliphatic carbocycles. The van der Waals surface area contributed by atoms with E-state index in [2.05, 4.69) is 52.3 Å². The van der Waals surface area contributed by atoms with Gasteiger partial charge in [0.1, 0.15) is 5.82 Å². The Morgan fingerprint density at radius 3 is 2.95 bits per heavy atom. The van der Waals surface area contributed by atoms with Crippen molar-refractivity contribution in [1.82, 2.24) is 15.0 Å². The lowest BCUT2D eigenvalue weighted by Crippen LogP contribution is -2.49. The standard InChI is InChI=1S/C13H24N4S2/c1-3-11-13(19-8-7-18-11)10(16-14)9-12-15-5-6-17(12)4-2/h5-6,10-11,13,16H,3-4,7-9,14H2,1-2H3. The Kier molecular flexibility index (Phi) is 6.06. The number of hydrazine groups is 1. The summed E-state index contributed by atoms with van der Waals surface area (Å²) in [5.41, 5.74) is 3.04. The quantitative estimate of drug-likeness (QED) is 0.621. The van der Waals surface area contributed by atoms with E-state index < -0.39 is 0 Å². The van der Waals surface area contributed by atoms with Crippen LogP contribution in [0.3, 0.4) is 0 Å². The van der Waals surface area contributed by atoms with Crippen molar-refractivity contribution in [3.05, 3.63) is 18.2 Å². The van der Waals surface area contributed by atoms with Gasteiger partial charge in [-0.1, -0.05) is 6.92 Å². The number of imidazole rings is 1. The highest BCUT2D eigenvalue weighted by atomic mass is 32.2. The van der Waals surface area contributed by atoms with Crippen LogP contribution in [-0.4, -0.2) is 37.6 Å². The third-order valence-electron chi connectivity index (χ3n) is 3.65. The minimum absolute atomic E-state index is 0.301. The second-order valence-electron chi connectivity index (χ2n) is 4.76. The van der Waals surface area contributed by atoms with Crippen LogP contribution in [0.5, 0.6) is 0 Å². The number of aromatic nitrogens is 2. The lowest BCUT2D eigenvalue weighted by atomic mass is 10.1. The van der Waals surface area contributed by atoms with Crippen molar-refractivity contribution in [2.45, 2.75) is 49.8 Å². The average molecular weight is 300 g/mol. The Morgan fingerprint density at radius 1 is 1.47 bits per heavy atom. The molecule has 1 fully saturated rings. The van der Waals surface area contributed by atoms with E-state index in [0.29, 0.717) is 16.5 Å². The monoisotopic (exact) mass is 300 g/mol. The fraction of sp³-hybridized carbons (Fsp3) is 0.769. The molecule has 3 N–H and O–H groups in total. The first-order valence-corrected chi connectivity index (χ1v) is 9.09. The van der Waals surface area contributed by atoms with Gasteiger partial charge in [0, 0.05) is 53.4 Å². The van der Waals surface area contributed by atoms with Gasteiger partial charge in [0.25, 0.3) is 0 Å². The summed E-state index contributed by atoms with van der Waals surface area (Å²) in [6, 6.07) is 0.301. The number of nitrogens with zero attached hydrogens (tertiary/aromatic N) is 2. The van der Waals surface area contributed by atoms with Gasteiger partial charge in [-0.25, -0.2) is 4.98 Å².